The molecule has 0 aliphatic heterocycles. The third-order valence-corrected chi connectivity index (χ3v) is 4.87. The van der Waals surface area contributed by atoms with Gasteiger partial charge in [-0.25, -0.2) is 0 Å². The fourth-order valence-electron chi connectivity index (χ4n) is 2.35. The molecule has 0 fully saturated rings. The van der Waals surface area contributed by atoms with Crippen molar-refractivity contribution in [2.45, 2.75) is 25.2 Å². The molecule has 0 saturated carbocycles. The summed E-state index contributed by atoms with van der Waals surface area (Å²) in [5.41, 5.74) is 1.77. The van der Waals surface area contributed by atoms with Gasteiger partial charge in [0.2, 0.25) is 0 Å². The molecule has 2 rings (SSSR count). The van der Waals surface area contributed by atoms with Gasteiger partial charge >= 0.3 is 0 Å². The number of rotatable bonds is 6. The summed E-state index contributed by atoms with van der Waals surface area (Å²) < 4.78 is 5.34. The van der Waals surface area contributed by atoms with Crippen molar-refractivity contribution in [3.63, 3.8) is 0 Å². The summed E-state index contributed by atoms with van der Waals surface area (Å²) in [6.07, 6.45) is -0.0587. The van der Waals surface area contributed by atoms with Gasteiger partial charge in [-0.2, -0.15) is 0 Å². The second-order valence-electron chi connectivity index (χ2n) is 5.33. The van der Waals surface area contributed by atoms with E-state index < -0.39 is 5.92 Å². The number of carbonyl (C=O) groups excluding carboxylic acids is 2. The lowest BCUT2D eigenvalue weighted by Crippen LogP contribution is -2.30. The van der Waals surface area contributed by atoms with E-state index in [0.29, 0.717) is 5.57 Å². The molecule has 0 bridgehead atoms. The lowest BCUT2D eigenvalue weighted by Gasteiger charge is -2.25. The average molecular weight is 320 g/mol. The van der Waals surface area contributed by atoms with Gasteiger partial charge in [0.05, 0.1) is 32.2 Å². The van der Waals surface area contributed by atoms with Crippen molar-refractivity contribution >= 4 is 23.3 Å². The first-order chi connectivity index (χ1) is 10.5. The maximum Gasteiger partial charge on any atom is 0.166 e. The van der Waals surface area contributed by atoms with Crippen molar-refractivity contribution in [3.05, 3.63) is 40.3 Å². The van der Waals surface area contributed by atoms with Gasteiger partial charge in [0.25, 0.3) is 0 Å². The second kappa shape index (κ2) is 7.72. The van der Waals surface area contributed by atoms with Gasteiger partial charge < -0.3 is 9.84 Å². The van der Waals surface area contributed by atoms with E-state index >= 15 is 0 Å². The number of ether oxygens (including phenoxy) is 1. The van der Waals surface area contributed by atoms with E-state index in [-0.39, 0.29) is 37.8 Å². The Hall–Kier alpha value is -1.43. The van der Waals surface area contributed by atoms with Crippen LogP contribution in [-0.2, 0) is 14.3 Å². The van der Waals surface area contributed by atoms with Crippen LogP contribution in [0.1, 0.15) is 18.9 Å². The standard InChI is InChI=1S/C17H20O4S/c1-11-4-3-5-13(8-11)22-17-12(2)15(19)9-16(20)14(17)10-21-7-6-18/h3-5,8,14,18H,6-7,9-10H2,1-2H3. The van der Waals surface area contributed by atoms with Crippen LogP contribution in [0, 0.1) is 12.8 Å². The Morgan fingerprint density at radius 1 is 1.32 bits per heavy atom. The molecule has 22 heavy (non-hydrogen) atoms. The number of allylic oxidation sites excluding steroid dienone is 1. The number of aliphatic hydroxyl groups excluding tert-OH is 1. The SMILES string of the molecule is CC1=C(Sc2cccc(C)c2)C(COCCO)C(=O)CC1=O. The minimum atomic E-state index is -0.422. The molecule has 0 saturated heterocycles. The molecule has 0 amide bonds. The first-order valence-corrected chi connectivity index (χ1v) is 8.04. The lowest BCUT2D eigenvalue weighted by atomic mass is 9.89. The number of carbonyl (C=O) groups is 2. The van der Waals surface area contributed by atoms with Crippen molar-refractivity contribution in [2.24, 2.45) is 5.92 Å². The summed E-state index contributed by atoms with van der Waals surface area (Å²) in [5.74, 6) is -0.642. The zero-order chi connectivity index (χ0) is 16.1. The van der Waals surface area contributed by atoms with Gasteiger partial charge in [-0.15, -0.1) is 0 Å². The maximum atomic E-state index is 12.2. The van der Waals surface area contributed by atoms with Crippen molar-refractivity contribution < 1.29 is 19.4 Å². The molecule has 5 heteroatoms. The number of thioether (sulfide) groups is 1. The Kier molecular flexibility index (Phi) is 5.94. The van der Waals surface area contributed by atoms with Gasteiger partial charge in [0.1, 0.15) is 0 Å². The Morgan fingerprint density at radius 2 is 2.09 bits per heavy atom. The zero-order valence-corrected chi connectivity index (χ0v) is 13.6. The normalized spacial score (nSPS) is 19.0. The van der Waals surface area contributed by atoms with E-state index in [1.807, 2.05) is 31.2 Å². The maximum absolute atomic E-state index is 12.2. The minimum absolute atomic E-state index is 0.0587. The summed E-state index contributed by atoms with van der Waals surface area (Å²) in [4.78, 5) is 25.9. The fraction of sp³-hybridized carbons (Fsp3) is 0.412. The van der Waals surface area contributed by atoms with E-state index in [4.69, 9.17) is 9.84 Å². The third-order valence-electron chi connectivity index (χ3n) is 3.57. The summed E-state index contributed by atoms with van der Waals surface area (Å²) >= 11 is 1.46. The van der Waals surface area contributed by atoms with Gasteiger partial charge in [-0.05, 0) is 26.0 Å². The van der Waals surface area contributed by atoms with Crippen molar-refractivity contribution in [2.75, 3.05) is 19.8 Å². The Morgan fingerprint density at radius 3 is 2.77 bits per heavy atom. The van der Waals surface area contributed by atoms with Crippen LogP contribution in [0.2, 0.25) is 0 Å². The van der Waals surface area contributed by atoms with Crippen molar-refractivity contribution in [3.8, 4) is 0 Å². The van der Waals surface area contributed by atoms with Crippen LogP contribution < -0.4 is 0 Å². The molecule has 0 radical (unpaired) electrons. The molecule has 4 nitrogen and oxygen atoms in total. The summed E-state index contributed by atoms with van der Waals surface area (Å²) in [7, 11) is 0. The molecule has 1 aromatic carbocycles. The first kappa shape index (κ1) is 16.9. The van der Waals surface area contributed by atoms with Crippen LogP contribution in [0.25, 0.3) is 0 Å². The van der Waals surface area contributed by atoms with Crippen LogP contribution in [0.15, 0.2) is 39.6 Å². The first-order valence-electron chi connectivity index (χ1n) is 7.22. The molecule has 0 spiro atoms. The molecule has 1 aromatic rings. The van der Waals surface area contributed by atoms with Gasteiger partial charge in [-0.3, -0.25) is 9.59 Å². The predicted octanol–water partition coefficient (Wildman–Crippen LogP) is 2.53. The highest BCUT2D eigenvalue weighted by Crippen LogP contribution is 2.38. The molecular weight excluding hydrogens is 300 g/mol. The minimum Gasteiger partial charge on any atom is -0.394 e. The van der Waals surface area contributed by atoms with E-state index in [2.05, 4.69) is 0 Å². The second-order valence-corrected chi connectivity index (χ2v) is 6.44. The van der Waals surface area contributed by atoms with Crippen molar-refractivity contribution in [1.82, 2.24) is 0 Å². The van der Waals surface area contributed by atoms with Gasteiger partial charge in [0.15, 0.2) is 11.6 Å². The Balaban J connectivity index is 2.26. The number of ketones is 2. The largest absolute Gasteiger partial charge is 0.394 e. The number of hydrogen-bond acceptors (Lipinski definition) is 5. The van der Waals surface area contributed by atoms with Gasteiger partial charge in [-0.1, -0.05) is 29.5 Å². The topological polar surface area (TPSA) is 63.6 Å². The summed E-state index contributed by atoms with van der Waals surface area (Å²) in [5, 5.41) is 8.81. The molecule has 118 valence electrons. The fourth-order valence-corrected chi connectivity index (χ4v) is 3.60. The van der Waals surface area contributed by atoms with E-state index in [1.54, 1.807) is 6.92 Å². The van der Waals surface area contributed by atoms with Crippen LogP contribution in [0.5, 0.6) is 0 Å². The van der Waals surface area contributed by atoms with E-state index in [9.17, 15) is 9.59 Å². The zero-order valence-electron chi connectivity index (χ0n) is 12.8. The quantitative estimate of drug-likeness (QED) is 0.644. The van der Waals surface area contributed by atoms with Gasteiger partial charge in [0, 0.05) is 15.4 Å². The number of hydrogen-bond donors (Lipinski definition) is 1. The van der Waals surface area contributed by atoms with Crippen LogP contribution in [0.3, 0.4) is 0 Å². The molecule has 0 aromatic heterocycles. The summed E-state index contributed by atoms with van der Waals surface area (Å²) in [6, 6.07) is 7.95. The van der Waals surface area contributed by atoms with Crippen molar-refractivity contribution in [1.29, 1.82) is 0 Å². The molecule has 1 N–H and O–H groups in total. The molecule has 1 aliphatic carbocycles. The van der Waals surface area contributed by atoms with E-state index in [0.717, 1.165) is 15.4 Å². The van der Waals surface area contributed by atoms with Crippen LogP contribution in [-0.4, -0.2) is 36.5 Å². The highest BCUT2D eigenvalue weighted by atomic mass is 32.2. The third kappa shape index (κ3) is 4.06. The van der Waals surface area contributed by atoms with E-state index in [1.165, 1.54) is 11.8 Å². The van der Waals surface area contributed by atoms with Crippen LogP contribution >= 0.6 is 11.8 Å². The Labute approximate surface area is 134 Å². The number of aliphatic hydroxyl groups is 1. The molecule has 1 aliphatic rings. The smallest absolute Gasteiger partial charge is 0.166 e. The number of aryl methyl sites for hydroxylation is 1. The number of benzene rings is 1. The molecular formula is C17H20O4S. The molecule has 1 unspecified atom stereocenters. The molecule has 0 heterocycles. The number of Topliss-reactive ketones (excluding diaryl/α,β-unsaturated/α-hetero) is 2. The monoisotopic (exact) mass is 320 g/mol. The lowest BCUT2D eigenvalue weighted by molar-refractivity contribution is -0.129. The highest BCUT2D eigenvalue weighted by molar-refractivity contribution is 8.03. The predicted molar refractivity (Wildman–Crippen MR) is 85.8 cm³/mol. The average Bonchev–Trinajstić information content (AvgIpc) is 2.48. The summed E-state index contributed by atoms with van der Waals surface area (Å²) in [6.45, 7) is 4.09. The molecule has 1 atom stereocenters. The van der Waals surface area contributed by atoms with Crippen LogP contribution in [0.4, 0.5) is 0 Å². The Bertz CT molecular complexity index is 606. The highest BCUT2D eigenvalue weighted by Gasteiger charge is 2.33.